The molecule has 1 saturated heterocycles. The Balaban J connectivity index is 0.00000280. The van der Waals surface area contributed by atoms with Crippen LogP contribution in [-0.4, -0.2) is 81.3 Å². The summed E-state index contributed by atoms with van der Waals surface area (Å²) in [7, 11) is 1.78. The van der Waals surface area contributed by atoms with Crippen LogP contribution in [0.3, 0.4) is 0 Å². The van der Waals surface area contributed by atoms with E-state index in [0.29, 0.717) is 6.79 Å². The largest absolute Gasteiger partial charge is 0.454 e. The number of guanidine groups is 1. The van der Waals surface area contributed by atoms with E-state index >= 15 is 0 Å². The second-order valence-electron chi connectivity index (χ2n) is 6.71. The number of hydrogen-bond acceptors (Lipinski definition) is 5. The first kappa shape index (κ1) is 22.5. The Labute approximate surface area is 183 Å². The number of nitrogens with zero attached hydrogens (tertiary/aromatic N) is 3. The van der Waals surface area contributed by atoms with Gasteiger partial charge in [0.15, 0.2) is 17.5 Å². The van der Waals surface area contributed by atoms with Gasteiger partial charge in [0.05, 0.1) is 0 Å². The molecule has 9 heteroatoms. The number of rotatable bonds is 6. The average molecular weight is 503 g/mol. The lowest BCUT2D eigenvalue weighted by Crippen LogP contribution is -2.50. The van der Waals surface area contributed by atoms with E-state index in [0.717, 1.165) is 69.7 Å². The van der Waals surface area contributed by atoms with Crippen LogP contribution in [0.5, 0.6) is 11.5 Å². The zero-order valence-corrected chi connectivity index (χ0v) is 18.9. The van der Waals surface area contributed by atoms with E-state index in [-0.39, 0.29) is 29.9 Å². The highest BCUT2D eigenvalue weighted by Crippen LogP contribution is 2.32. The molecule has 8 nitrogen and oxygen atoms in total. The lowest BCUT2D eigenvalue weighted by atomic mass is 10.1. The van der Waals surface area contributed by atoms with Gasteiger partial charge in [-0.25, -0.2) is 0 Å². The summed E-state index contributed by atoms with van der Waals surface area (Å²) in [6.07, 6.45) is 0.879. The second kappa shape index (κ2) is 11.3. The Bertz CT molecular complexity index is 678. The molecule has 156 valence electrons. The highest BCUT2D eigenvalue weighted by atomic mass is 127. The summed E-state index contributed by atoms with van der Waals surface area (Å²) in [5.74, 6) is 2.60. The van der Waals surface area contributed by atoms with Crippen LogP contribution in [0, 0.1) is 0 Å². The van der Waals surface area contributed by atoms with Gasteiger partial charge in [0.1, 0.15) is 0 Å². The average Bonchev–Trinajstić information content (AvgIpc) is 3.15. The van der Waals surface area contributed by atoms with Gasteiger partial charge in [-0.3, -0.25) is 14.7 Å². The van der Waals surface area contributed by atoms with Crippen LogP contribution in [0.15, 0.2) is 23.2 Å². The van der Waals surface area contributed by atoms with E-state index in [1.165, 1.54) is 5.56 Å². The molecule has 2 aliphatic heterocycles. The first-order valence-electron chi connectivity index (χ1n) is 9.46. The lowest BCUT2D eigenvalue weighted by Gasteiger charge is -2.34. The number of nitrogens with one attached hydrogen (secondary N) is 2. The molecule has 1 aromatic rings. The van der Waals surface area contributed by atoms with Gasteiger partial charge >= 0.3 is 0 Å². The Morgan fingerprint density at radius 1 is 1.11 bits per heavy atom. The molecule has 0 spiro atoms. The number of hydrogen-bond donors (Lipinski definition) is 2. The molecule has 0 atom stereocenters. The van der Waals surface area contributed by atoms with Crippen molar-refractivity contribution in [1.29, 1.82) is 0 Å². The molecule has 3 rings (SSSR count). The Hall–Kier alpha value is -1.75. The molecule has 1 amide bonds. The molecule has 0 saturated carbocycles. The summed E-state index contributed by atoms with van der Waals surface area (Å²) in [5, 5.41) is 6.69. The minimum absolute atomic E-state index is 0. The van der Waals surface area contributed by atoms with Crippen molar-refractivity contribution < 1.29 is 14.3 Å². The van der Waals surface area contributed by atoms with Gasteiger partial charge in [-0.2, -0.15) is 0 Å². The minimum Gasteiger partial charge on any atom is -0.454 e. The van der Waals surface area contributed by atoms with Gasteiger partial charge in [0.2, 0.25) is 12.7 Å². The number of fused-ring (bicyclic) bond motifs is 1. The molecule has 0 aromatic heterocycles. The van der Waals surface area contributed by atoms with Crippen molar-refractivity contribution >= 4 is 35.8 Å². The van der Waals surface area contributed by atoms with Gasteiger partial charge in [0, 0.05) is 59.8 Å². The molecule has 28 heavy (non-hydrogen) atoms. The van der Waals surface area contributed by atoms with Crippen molar-refractivity contribution in [2.24, 2.45) is 4.99 Å². The predicted molar refractivity (Wildman–Crippen MR) is 120 cm³/mol. The number of benzene rings is 1. The molecule has 0 radical (unpaired) electrons. The van der Waals surface area contributed by atoms with Gasteiger partial charge in [-0.05, 0) is 24.1 Å². The van der Waals surface area contributed by atoms with E-state index in [1.54, 1.807) is 14.0 Å². The smallest absolute Gasteiger partial charge is 0.231 e. The van der Waals surface area contributed by atoms with Gasteiger partial charge < -0.3 is 25.0 Å². The maximum absolute atomic E-state index is 11.4. The first-order chi connectivity index (χ1) is 13.2. The summed E-state index contributed by atoms with van der Waals surface area (Å²) in [6.45, 7) is 7.98. The molecule has 0 aliphatic carbocycles. The highest BCUT2D eigenvalue weighted by Gasteiger charge is 2.18. The topological polar surface area (TPSA) is 78.4 Å². The van der Waals surface area contributed by atoms with Crippen molar-refractivity contribution in [2.45, 2.75) is 13.3 Å². The predicted octanol–water partition coefficient (Wildman–Crippen LogP) is 0.905. The van der Waals surface area contributed by atoms with E-state index in [1.807, 2.05) is 17.0 Å². The third kappa shape index (κ3) is 6.40. The second-order valence-corrected chi connectivity index (χ2v) is 6.71. The van der Waals surface area contributed by atoms with Crippen LogP contribution in [0.4, 0.5) is 0 Å². The molecule has 1 fully saturated rings. The molecule has 0 unspecified atom stereocenters. The third-order valence-corrected chi connectivity index (χ3v) is 4.90. The Kier molecular flexibility index (Phi) is 9.10. The van der Waals surface area contributed by atoms with Crippen molar-refractivity contribution in [3.8, 4) is 11.5 Å². The molecule has 1 aromatic carbocycles. The number of carbonyl (C=O) groups is 1. The Morgan fingerprint density at radius 3 is 2.54 bits per heavy atom. The van der Waals surface area contributed by atoms with E-state index in [4.69, 9.17) is 9.47 Å². The normalized spacial score (nSPS) is 16.5. The number of halogens is 1. The quantitative estimate of drug-likeness (QED) is 0.342. The number of amides is 1. The Morgan fingerprint density at radius 2 is 1.82 bits per heavy atom. The molecular weight excluding hydrogens is 473 g/mol. The monoisotopic (exact) mass is 503 g/mol. The van der Waals surface area contributed by atoms with Crippen molar-refractivity contribution in [3.63, 3.8) is 0 Å². The van der Waals surface area contributed by atoms with Gasteiger partial charge in [-0.1, -0.05) is 6.07 Å². The molecular formula is C19H30IN5O3. The number of piperazine rings is 1. The van der Waals surface area contributed by atoms with E-state index < -0.39 is 0 Å². The zero-order valence-electron chi connectivity index (χ0n) is 16.6. The number of carbonyl (C=O) groups excluding carboxylic acids is 1. The van der Waals surface area contributed by atoms with Crippen LogP contribution in [0.25, 0.3) is 0 Å². The standard InChI is InChI=1S/C19H29N5O3.HI/c1-15(25)24-11-9-23(10-12-24)8-7-22-19(20-2)21-6-5-16-3-4-17-18(13-16)27-14-26-17;/h3-4,13H,5-12,14H2,1-2H3,(H2,20,21,22);1H. The molecule has 2 aliphatic rings. The fourth-order valence-corrected chi connectivity index (χ4v) is 3.26. The van der Waals surface area contributed by atoms with E-state index in [9.17, 15) is 4.79 Å². The summed E-state index contributed by atoms with van der Waals surface area (Å²) < 4.78 is 10.7. The van der Waals surface area contributed by atoms with E-state index in [2.05, 4.69) is 26.6 Å². The summed E-state index contributed by atoms with van der Waals surface area (Å²) in [5.41, 5.74) is 1.20. The summed E-state index contributed by atoms with van der Waals surface area (Å²) in [4.78, 5) is 19.9. The molecule has 2 heterocycles. The SMILES string of the molecule is CN=C(NCCc1ccc2c(c1)OCO2)NCCN1CCN(C(C)=O)CC1.I. The third-order valence-electron chi connectivity index (χ3n) is 4.90. The van der Waals surface area contributed by atoms with Gasteiger partial charge in [0.25, 0.3) is 0 Å². The summed E-state index contributed by atoms with van der Waals surface area (Å²) in [6, 6.07) is 6.05. The fraction of sp³-hybridized carbons (Fsp3) is 0.579. The molecule has 0 bridgehead atoms. The minimum atomic E-state index is 0. The summed E-state index contributed by atoms with van der Waals surface area (Å²) >= 11 is 0. The van der Waals surface area contributed by atoms with Crippen LogP contribution >= 0.6 is 24.0 Å². The highest BCUT2D eigenvalue weighted by molar-refractivity contribution is 14.0. The zero-order chi connectivity index (χ0) is 19.1. The van der Waals surface area contributed by atoms with Crippen molar-refractivity contribution in [2.75, 3.05) is 59.7 Å². The molecule has 2 N–H and O–H groups in total. The van der Waals surface area contributed by atoms with Crippen LogP contribution in [0.2, 0.25) is 0 Å². The van der Waals surface area contributed by atoms with Crippen LogP contribution < -0.4 is 20.1 Å². The van der Waals surface area contributed by atoms with Crippen LogP contribution in [-0.2, 0) is 11.2 Å². The van der Waals surface area contributed by atoms with Crippen LogP contribution in [0.1, 0.15) is 12.5 Å². The van der Waals surface area contributed by atoms with Crippen molar-refractivity contribution in [3.05, 3.63) is 23.8 Å². The fourth-order valence-electron chi connectivity index (χ4n) is 3.26. The van der Waals surface area contributed by atoms with Crippen molar-refractivity contribution in [1.82, 2.24) is 20.4 Å². The first-order valence-corrected chi connectivity index (χ1v) is 9.46. The number of ether oxygens (including phenoxy) is 2. The van der Waals surface area contributed by atoms with Gasteiger partial charge in [-0.15, -0.1) is 24.0 Å². The number of aliphatic imine (C=N–C) groups is 1. The maximum atomic E-state index is 11.4. The lowest BCUT2D eigenvalue weighted by molar-refractivity contribution is -0.130. The maximum Gasteiger partial charge on any atom is 0.231 e.